The molecule has 0 atom stereocenters. The van der Waals surface area contributed by atoms with Crippen molar-refractivity contribution in [3.63, 3.8) is 0 Å². The third-order valence-electron chi connectivity index (χ3n) is 2.27. The Bertz CT molecular complexity index is 549. The first-order valence-corrected chi connectivity index (χ1v) is 6.44. The fourth-order valence-corrected chi connectivity index (χ4v) is 1.76. The highest BCUT2D eigenvalue weighted by atomic mass is 35.5. The Morgan fingerprint density at radius 2 is 2.16 bits per heavy atom. The topological polar surface area (TPSA) is 62.7 Å². The highest BCUT2D eigenvalue weighted by molar-refractivity contribution is 7.80. The van der Waals surface area contributed by atoms with E-state index in [2.05, 4.69) is 25.6 Å². The monoisotopic (exact) mass is 293 g/mol. The number of aromatic nitrogens is 3. The van der Waals surface area contributed by atoms with Crippen LogP contribution < -0.4 is 10.6 Å². The Kier molecular flexibility index (Phi) is 5.00. The fourth-order valence-electron chi connectivity index (χ4n) is 1.39. The van der Waals surface area contributed by atoms with Crippen LogP contribution >= 0.6 is 23.8 Å². The fraction of sp³-hybridized carbons (Fsp3) is 0.167. The highest BCUT2D eigenvalue weighted by Crippen LogP contribution is 2.16. The Morgan fingerprint density at radius 3 is 2.89 bits per heavy atom. The summed E-state index contributed by atoms with van der Waals surface area (Å²) < 4.78 is 0. The van der Waals surface area contributed by atoms with Crippen LogP contribution in [0.25, 0.3) is 0 Å². The predicted molar refractivity (Wildman–Crippen MR) is 79.2 cm³/mol. The molecule has 0 saturated heterocycles. The number of halogens is 1. The molecule has 2 heterocycles. The third kappa shape index (κ3) is 4.42. The Morgan fingerprint density at radius 1 is 1.26 bits per heavy atom. The summed E-state index contributed by atoms with van der Waals surface area (Å²) in [6, 6.07) is 3.51. The van der Waals surface area contributed by atoms with Crippen LogP contribution in [0.3, 0.4) is 0 Å². The van der Waals surface area contributed by atoms with Crippen molar-refractivity contribution < 1.29 is 0 Å². The molecular formula is C12H12ClN5S. The Labute approximate surface area is 121 Å². The summed E-state index contributed by atoms with van der Waals surface area (Å²) in [5, 5.41) is 7.00. The van der Waals surface area contributed by atoms with Gasteiger partial charge >= 0.3 is 0 Å². The van der Waals surface area contributed by atoms with E-state index < -0.39 is 0 Å². The van der Waals surface area contributed by atoms with Gasteiger partial charge in [-0.25, -0.2) is 4.98 Å². The van der Waals surface area contributed by atoms with Crippen LogP contribution in [0.4, 0.5) is 5.82 Å². The zero-order chi connectivity index (χ0) is 13.5. The lowest BCUT2D eigenvalue weighted by Crippen LogP contribution is -2.30. The molecule has 2 N–H and O–H groups in total. The first-order valence-electron chi connectivity index (χ1n) is 5.66. The average Bonchev–Trinajstić information content (AvgIpc) is 2.43. The van der Waals surface area contributed by atoms with Crippen LogP contribution in [-0.4, -0.2) is 26.6 Å². The minimum Gasteiger partial charge on any atom is -0.362 e. The van der Waals surface area contributed by atoms with Crippen molar-refractivity contribution in [2.24, 2.45) is 0 Å². The molecule has 0 spiro atoms. The maximum atomic E-state index is 5.97. The van der Waals surface area contributed by atoms with E-state index in [1.165, 1.54) is 0 Å². The van der Waals surface area contributed by atoms with Gasteiger partial charge < -0.3 is 10.6 Å². The van der Waals surface area contributed by atoms with Crippen molar-refractivity contribution in [1.29, 1.82) is 0 Å². The molecule has 0 bridgehead atoms. The summed E-state index contributed by atoms with van der Waals surface area (Å²) in [5.41, 5.74) is 0.911. The molecule has 5 nitrogen and oxygen atoms in total. The second-order valence-electron chi connectivity index (χ2n) is 3.66. The molecule has 2 aromatic rings. The molecule has 0 aromatic carbocycles. The number of anilines is 1. The van der Waals surface area contributed by atoms with Crippen LogP contribution in [0.1, 0.15) is 5.69 Å². The van der Waals surface area contributed by atoms with Crippen molar-refractivity contribution in [2.45, 2.75) is 6.42 Å². The molecule has 7 heteroatoms. The van der Waals surface area contributed by atoms with Crippen LogP contribution in [0.15, 0.2) is 36.9 Å². The zero-order valence-electron chi connectivity index (χ0n) is 10.0. The lowest BCUT2D eigenvalue weighted by Gasteiger charge is -2.10. The first-order chi connectivity index (χ1) is 9.25. The van der Waals surface area contributed by atoms with Gasteiger partial charge in [0, 0.05) is 37.8 Å². The molecule has 0 aliphatic heterocycles. The minimum absolute atomic E-state index is 0.476. The SMILES string of the molecule is S=C(NCCc1cnccn1)Nc1ncccc1Cl. The molecule has 0 amide bonds. The normalized spacial score (nSPS) is 9.95. The molecule has 2 aromatic heterocycles. The number of nitrogens with one attached hydrogen (secondary N) is 2. The van der Waals surface area contributed by atoms with Gasteiger partial charge in [-0.2, -0.15) is 0 Å². The van der Waals surface area contributed by atoms with E-state index in [9.17, 15) is 0 Å². The van der Waals surface area contributed by atoms with Crippen molar-refractivity contribution in [3.05, 3.63) is 47.6 Å². The maximum absolute atomic E-state index is 5.97. The third-order valence-corrected chi connectivity index (χ3v) is 2.83. The molecular weight excluding hydrogens is 282 g/mol. The summed E-state index contributed by atoms with van der Waals surface area (Å²) >= 11 is 11.1. The number of thiocarbonyl (C=S) groups is 1. The first kappa shape index (κ1) is 13.6. The Hall–Kier alpha value is -1.79. The predicted octanol–water partition coefficient (Wildman–Crippen LogP) is 2.05. The number of pyridine rings is 1. The van der Waals surface area contributed by atoms with Gasteiger partial charge in [0.05, 0.1) is 10.7 Å². The van der Waals surface area contributed by atoms with E-state index in [1.54, 1.807) is 36.9 Å². The van der Waals surface area contributed by atoms with Gasteiger partial charge in [0.25, 0.3) is 0 Å². The molecule has 0 unspecified atom stereocenters. The molecule has 98 valence electrons. The molecule has 0 fully saturated rings. The summed E-state index contributed by atoms with van der Waals surface area (Å²) in [7, 11) is 0. The van der Waals surface area contributed by atoms with E-state index >= 15 is 0 Å². The maximum Gasteiger partial charge on any atom is 0.171 e. The van der Waals surface area contributed by atoms with E-state index in [0.717, 1.165) is 12.1 Å². The molecule has 19 heavy (non-hydrogen) atoms. The van der Waals surface area contributed by atoms with E-state index in [1.807, 2.05) is 0 Å². The van der Waals surface area contributed by atoms with E-state index in [0.29, 0.717) is 22.5 Å². The summed E-state index contributed by atoms with van der Waals surface area (Å²) in [6.45, 7) is 0.662. The van der Waals surface area contributed by atoms with E-state index in [-0.39, 0.29) is 0 Å². The zero-order valence-corrected chi connectivity index (χ0v) is 11.6. The summed E-state index contributed by atoms with van der Waals surface area (Å²) in [4.78, 5) is 12.3. The lowest BCUT2D eigenvalue weighted by atomic mass is 10.3. The number of hydrogen-bond donors (Lipinski definition) is 2. The lowest BCUT2D eigenvalue weighted by molar-refractivity contribution is 0.839. The summed E-state index contributed by atoms with van der Waals surface area (Å²) in [6.07, 6.45) is 7.43. The van der Waals surface area contributed by atoms with Gasteiger partial charge in [-0.1, -0.05) is 11.6 Å². The van der Waals surface area contributed by atoms with Gasteiger partial charge in [0.1, 0.15) is 0 Å². The van der Waals surface area contributed by atoms with Gasteiger partial charge in [-0.3, -0.25) is 9.97 Å². The smallest absolute Gasteiger partial charge is 0.171 e. The summed E-state index contributed by atoms with van der Waals surface area (Å²) in [5.74, 6) is 0.543. The van der Waals surface area contributed by atoms with Crippen LogP contribution in [0, 0.1) is 0 Å². The van der Waals surface area contributed by atoms with Crippen molar-refractivity contribution in [3.8, 4) is 0 Å². The van der Waals surface area contributed by atoms with Crippen molar-refractivity contribution in [1.82, 2.24) is 20.3 Å². The van der Waals surface area contributed by atoms with Gasteiger partial charge in [-0.05, 0) is 24.4 Å². The van der Waals surface area contributed by atoms with Crippen molar-refractivity contribution in [2.75, 3.05) is 11.9 Å². The molecule has 2 rings (SSSR count). The van der Waals surface area contributed by atoms with Gasteiger partial charge in [-0.15, -0.1) is 0 Å². The van der Waals surface area contributed by atoms with Crippen LogP contribution in [0.5, 0.6) is 0 Å². The molecule has 0 radical (unpaired) electrons. The molecule has 0 aliphatic carbocycles. The van der Waals surface area contributed by atoms with Crippen LogP contribution in [0.2, 0.25) is 5.02 Å². The molecule has 0 saturated carbocycles. The van der Waals surface area contributed by atoms with Crippen LogP contribution in [-0.2, 0) is 6.42 Å². The second-order valence-corrected chi connectivity index (χ2v) is 4.48. The number of hydrogen-bond acceptors (Lipinski definition) is 4. The average molecular weight is 294 g/mol. The number of rotatable bonds is 4. The number of nitrogens with zero attached hydrogens (tertiary/aromatic N) is 3. The second kappa shape index (κ2) is 6.96. The Balaban J connectivity index is 1.78. The minimum atomic E-state index is 0.476. The molecule has 0 aliphatic rings. The van der Waals surface area contributed by atoms with Gasteiger partial charge in [0.2, 0.25) is 0 Å². The largest absolute Gasteiger partial charge is 0.362 e. The standard InChI is InChI=1S/C12H12ClN5S/c13-10-2-1-4-16-11(10)18-12(19)17-5-3-9-8-14-6-7-15-9/h1-2,4,6-8H,3,5H2,(H2,16,17,18,19). The van der Waals surface area contributed by atoms with Gasteiger partial charge in [0.15, 0.2) is 10.9 Å². The quantitative estimate of drug-likeness (QED) is 0.841. The highest BCUT2D eigenvalue weighted by Gasteiger charge is 2.02. The van der Waals surface area contributed by atoms with Crippen molar-refractivity contribution >= 4 is 34.7 Å². The van der Waals surface area contributed by atoms with E-state index in [4.69, 9.17) is 23.8 Å².